The SMILES string of the molecule is Fc1c(Br)ccc2c(N3CCCC4(CCO4)C3)nc(Cl)nc12. The summed E-state index contributed by atoms with van der Waals surface area (Å²) in [6.45, 7) is 2.46. The molecule has 7 heteroatoms. The first-order chi connectivity index (χ1) is 10.6. The maximum absolute atomic E-state index is 14.3. The van der Waals surface area contributed by atoms with Crippen LogP contribution in [0.1, 0.15) is 19.3 Å². The molecule has 1 spiro atoms. The number of piperidine rings is 1. The molecule has 2 aliphatic heterocycles. The van der Waals surface area contributed by atoms with Gasteiger partial charge in [-0.3, -0.25) is 0 Å². The normalized spacial score (nSPS) is 24.8. The Balaban J connectivity index is 1.82. The average molecular weight is 387 g/mol. The van der Waals surface area contributed by atoms with Gasteiger partial charge in [0, 0.05) is 24.9 Å². The summed E-state index contributed by atoms with van der Waals surface area (Å²) >= 11 is 9.21. The number of hydrogen-bond donors (Lipinski definition) is 0. The zero-order chi connectivity index (χ0) is 15.3. The van der Waals surface area contributed by atoms with E-state index < -0.39 is 5.82 Å². The Labute approximate surface area is 140 Å². The minimum Gasteiger partial charge on any atom is -0.373 e. The third-order valence-corrected chi connectivity index (χ3v) is 5.30. The van der Waals surface area contributed by atoms with Crippen LogP contribution in [-0.2, 0) is 4.74 Å². The Morgan fingerprint density at radius 3 is 2.86 bits per heavy atom. The molecule has 1 atom stereocenters. The quantitative estimate of drug-likeness (QED) is 0.696. The molecular weight excluding hydrogens is 373 g/mol. The molecular formula is C15H14BrClFN3O. The molecule has 4 nitrogen and oxygen atoms in total. The van der Waals surface area contributed by atoms with Gasteiger partial charge in [-0.1, -0.05) is 0 Å². The van der Waals surface area contributed by atoms with Crippen LogP contribution in [0, 0.1) is 5.82 Å². The first kappa shape index (κ1) is 14.6. The highest BCUT2D eigenvalue weighted by Crippen LogP contribution is 2.39. The van der Waals surface area contributed by atoms with Crippen LogP contribution in [0.5, 0.6) is 0 Å². The second-order valence-corrected chi connectivity index (χ2v) is 7.07. The highest BCUT2D eigenvalue weighted by molar-refractivity contribution is 9.10. The maximum atomic E-state index is 14.3. The average Bonchev–Trinajstić information content (AvgIpc) is 2.49. The van der Waals surface area contributed by atoms with Gasteiger partial charge in [0.05, 0.1) is 16.7 Å². The summed E-state index contributed by atoms with van der Waals surface area (Å²) in [6, 6.07) is 3.51. The van der Waals surface area contributed by atoms with Gasteiger partial charge in [-0.05, 0) is 52.5 Å². The number of aromatic nitrogens is 2. The van der Waals surface area contributed by atoms with Gasteiger partial charge in [0.25, 0.3) is 0 Å². The first-order valence-corrected chi connectivity index (χ1v) is 8.45. The molecule has 1 unspecified atom stereocenters. The lowest BCUT2D eigenvalue weighted by Gasteiger charge is -2.48. The van der Waals surface area contributed by atoms with Gasteiger partial charge in [-0.25, -0.2) is 9.37 Å². The van der Waals surface area contributed by atoms with Gasteiger partial charge < -0.3 is 9.64 Å². The van der Waals surface area contributed by atoms with Crippen molar-refractivity contribution in [3.05, 3.63) is 27.7 Å². The lowest BCUT2D eigenvalue weighted by molar-refractivity contribution is -0.151. The summed E-state index contributed by atoms with van der Waals surface area (Å²) in [5.41, 5.74) is 0.189. The van der Waals surface area contributed by atoms with Gasteiger partial charge in [0.1, 0.15) is 11.3 Å². The molecule has 4 rings (SSSR count). The first-order valence-electron chi connectivity index (χ1n) is 7.28. The maximum Gasteiger partial charge on any atom is 0.225 e. The molecule has 2 fully saturated rings. The molecule has 0 saturated carbocycles. The van der Waals surface area contributed by atoms with E-state index in [1.54, 1.807) is 6.07 Å². The van der Waals surface area contributed by atoms with Crippen LogP contribution in [0.3, 0.4) is 0 Å². The molecule has 1 aromatic heterocycles. The van der Waals surface area contributed by atoms with E-state index in [0.717, 1.165) is 39.0 Å². The van der Waals surface area contributed by atoms with E-state index in [-0.39, 0.29) is 16.4 Å². The third-order valence-electron chi connectivity index (χ3n) is 4.52. The van der Waals surface area contributed by atoms with Crippen molar-refractivity contribution in [2.75, 3.05) is 24.6 Å². The lowest BCUT2D eigenvalue weighted by Crippen LogP contribution is -2.56. The minimum atomic E-state index is -0.408. The van der Waals surface area contributed by atoms with E-state index in [9.17, 15) is 4.39 Å². The third kappa shape index (κ3) is 2.28. The number of ether oxygens (including phenoxy) is 1. The van der Waals surface area contributed by atoms with Crippen molar-refractivity contribution in [2.24, 2.45) is 0 Å². The summed E-state index contributed by atoms with van der Waals surface area (Å²) in [4.78, 5) is 10.6. The van der Waals surface area contributed by atoms with E-state index in [1.807, 2.05) is 6.07 Å². The fourth-order valence-corrected chi connectivity index (χ4v) is 3.81. The van der Waals surface area contributed by atoms with Gasteiger partial charge in [0.2, 0.25) is 5.28 Å². The van der Waals surface area contributed by atoms with Gasteiger partial charge in [0.15, 0.2) is 5.82 Å². The summed E-state index contributed by atoms with van der Waals surface area (Å²) in [6.07, 6.45) is 3.17. The molecule has 0 amide bonds. The molecule has 22 heavy (non-hydrogen) atoms. The fourth-order valence-electron chi connectivity index (χ4n) is 3.33. The van der Waals surface area contributed by atoms with Crippen molar-refractivity contribution in [3.63, 3.8) is 0 Å². The Kier molecular flexibility index (Phi) is 3.51. The molecule has 2 saturated heterocycles. The van der Waals surface area contributed by atoms with Crippen LogP contribution >= 0.6 is 27.5 Å². The van der Waals surface area contributed by atoms with E-state index in [0.29, 0.717) is 15.7 Å². The molecule has 2 aromatic rings. The Hall–Kier alpha value is -0.980. The minimum absolute atomic E-state index is 0.0596. The highest BCUT2D eigenvalue weighted by atomic mass is 79.9. The van der Waals surface area contributed by atoms with Crippen molar-refractivity contribution in [1.82, 2.24) is 9.97 Å². The molecule has 0 radical (unpaired) electrons. The number of fused-ring (bicyclic) bond motifs is 1. The molecule has 0 aliphatic carbocycles. The molecule has 116 valence electrons. The summed E-state index contributed by atoms with van der Waals surface area (Å²) in [5.74, 6) is 0.283. The predicted molar refractivity (Wildman–Crippen MR) is 87.0 cm³/mol. The van der Waals surface area contributed by atoms with Crippen molar-refractivity contribution >= 4 is 44.3 Å². The van der Waals surface area contributed by atoms with Crippen molar-refractivity contribution in [3.8, 4) is 0 Å². The Morgan fingerprint density at radius 2 is 2.14 bits per heavy atom. The van der Waals surface area contributed by atoms with E-state index in [4.69, 9.17) is 16.3 Å². The van der Waals surface area contributed by atoms with Crippen molar-refractivity contribution < 1.29 is 9.13 Å². The second-order valence-electron chi connectivity index (χ2n) is 5.88. The number of nitrogens with zero attached hydrogens (tertiary/aromatic N) is 3. The second kappa shape index (κ2) is 5.28. The number of anilines is 1. The van der Waals surface area contributed by atoms with Gasteiger partial charge in [-0.2, -0.15) is 4.98 Å². The molecule has 3 heterocycles. The van der Waals surface area contributed by atoms with Crippen LogP contribution in [0.4, 0.5) is 10.2 Å². The number of benzene rings is 1. The summed E-state index contributed by atoms with van der Waals surface area (Å²) in [7, 11) is 0. The lowest BCUT2D eigenvalue weighted by atomic mass is 9.86. The summed E-state index contributed by atoms with van der Waals surface area (Å²) in [5, 5.41) is 0.745. The van der Waals surface area contributed by atoms with Crippen LogP contribution < -0.4 is 4.90 Å². The van der Waals surface area contributed by atoms with Gasteiger partial charge >= 0.3 is 0 Å². The monoisotopic (exact) mass is 385 g/mol. The van der Waals surface area contributed by atoms with E-state index in [1.165, 1.54) is 0 Å². The predicted octanol–water partition coefficient (Wildman–Crippen LogP) is 3.94. The number of halogens is 3. The smallest absolute Gasteiger partial charge is 0.225 e. The van der Waals surface area contributed by atoms with Crippen LogP contribution in [0.15, 0.2) is 16.6 Å². The van der Waals surface area contributed by atoms with Crippen LogP contribution in [-0.4, -0.2) is 35.3 Å². The zero-order valence-corrected chi connectivity index (χ0v) is 14.1. The topological polar surface area (TPSA) is 38.2 Å². The Morgan fingerprint density at radius 1 is 1.32 bits per heavy atom. The fraction of sp³-hybridized carbons (Fsp3) is 0.467. The molecule has 1 aromatic carbocycles. The van der Waals surface area contributed by atoms with Crippen molar-refractivity contribution in [2.45, 2.75) is 24.9 Å². The van der Waals surface area contributed by atoms with Gasteiger partial charge in [-0.15, -0.1) is 0 Å². The van der Waals surface area contributed by atoms with E-state index >= 15 is 0 Å². The highest BCUT2D eigenvalue weighted by Gasteiger charge is 2.42. The Bertz CT molecular complexity index is 753. The number of rotatable bonds is 1. The van der Waals surface area contributed by atoms with E-state index in [2.05, 4.69) is 30.8 Å². The van der Waals surface area contributed by atoms with Crippen LogP contribution in [0.25, 0.3) is 10.9 Å². The largest absolute Gasteiger partial charge is 0.373 e. The van der Waals surface area contributed by atoms with Crippen molar-refractivity contribution in [1.29, 1.82) is 0 Å². The molecule has 2 aliphatic rings. The standard InChI is InChI=1S/C15H14BrClFN3O/c16-10-3-2-9-12(11(10)18)19-14(17)20-13(9)21-6-1-4-15(8-21)5-7-22-15/h2-3H,1,4-8H2. The summed E-state index contributed by atoms with van der Waals surface area (Å²) < 4.78 is 20.5. The zero-order valence-electron chi connectivity index (χ0n) is 11.8. The van der Waals surface area contributed by atoms with Crippen LogP contribution in [0.2, 0.25) is 5.28 Å². The molecule has 0 bridgehead atoms. The number of hydrogen-bond acceptors (Lipinski definition) is 4. The molecule has 0 N–H and O–H groups in total.